The number of ether oxygens (including phenoxy) is 1. The van der Waals surface area contributed by atoms with Gasteiger partial charge in [0.25, 0.3) is 0 Å². The van der Waals surface area contributed by atoms with E-state index in [0.717, 1.165) is 44.4 Å². The molecule has 1 N–H and O–H groups in total. The summed E-state index contributed by atoms with van der Waals surface area (Å²) < 4.78 is 5.28. The summed E-state index contributed by atoms with van der Waals surface area (Å²) in [6, 6.07) is 14.5. The Morgan fingerprint density at radius 2 is 1.74 bits per heavy atom. The Labute approximate surface area is 162 Å². The number of benzene rings is 2. The smallest absolute Gasteiger partial charge is 0.143 e. The lowest BCUT2D eigenvalue weighted by molar-refractivity contribution is 0.415. The predicted molar refractivity (Wildman–Crippen MR) is 113 cm³/mol. The number of methoxy groups -OCH3 is 1. The van der Waals surface area contributed by atoms with E-state index in [-0.39, 0.29) is 0 Å². The van der Waals surface area contributed by atoms with Crippen LogP contribution >= 0.6 is 11.3 Å². The third kappa shape index (κ3) is 3.38. The van der Waals surface area contributed by atoms with Gasteiger partial charge in [0.15, 0.2) is 0 Å². The first kappa shape index (κ1) is 17.5. The molecule has 0 spiro atoms. The Hall–Kier alpha value is -2.92. The lowest BCUT2D eigenvalue weighted by Crippen LogP contribution is -2.00. The average Bonchev–Trinajstić information content (AvgIpc) is 3.08. The first-order chi connectivity index (χ1) is 13.0. The quantitative estimate of drug-likeness (QED) is 0.473. The number of thiophene rings is 1. The molecule has 0 fully saturated rings. The molecule has 2 aromatic carbocycles. The van der Waals surface area contributed by atoms with Crippen molar-refractivity contribution in [2.45, 2.75) is 20.8 Å². The molecule has 5 heteroatoms. The first-order valence-corrected chi connectivity index (χ1v) is 9.67. The lowest BCUT2D eigenvalue weighted by Gasteiger charge is -2.12. The number of aromatic nitrogens is 2. The molecule has 0 aliphatic carbocycles. The van der Waals surface area contributed by atoms with Crippen molar-refractivity contribution in [3.8, 4) is 16.9 Å². The number of hydrogen-bond donors (Lipinski definition) is 1. The van der Waals surface area contributed by atoms with Crippen molar-refractivity contribution in [1.82, 2.24) is 9.97 Å². The standard InChI is InChI=1S/C22H21N3OS/c1-13-5-10-19(14(2)11-13)25-21-20-18(12-27-22(20)24-15(3)23-21)16-6-8-17(26-4)9-7-16/h5-12H,1-4H3,(H,23,24,25). The van der Waals surface area contributed by atoms with E-state index in [1.165, 1.54) is 11.1 Å². The molecule has 0 aliphatic heterocycles. The van der Waals surface area contributed by atoms with E-state index in [9.17, 15) is 0 Å². The van der Waals surface area contributed by atoms with Crippen LogP contribution in [0.5, 0.6) is 5.75 Å². The maximum absolute atomic E-state index is 5.28. The van der Waals surface area contributed by atoms with Crippen molar-refractivity contribution in [2.24, 2.45) is 0 Å². The molecular formula is C22H21N3OS. The van der Waals surface area contributed by atoms with Gasteiger partial charge in [-0.2, -0.15) is 0 Å². The molecule has 0 atom stereocenters. The van der Waals surface area contributed by atoms with Crippen LogP contribution in [0.3, 0.4) is 0 Å². The number of nitrogens with zero attached hydrogens (tertiary/aromatic N) is 2. The minimum atomic E-state index is 0.762. The summed E-state index contributed by atoms with van der Waals surface area (Å²) in [4.78, 5) is 10.3. The molecule has 2 aromatic heterocycles. The van der Waals surface area contributed by atoms with Crippen molar-refractivity contribution in [3.63, 3.8) is 0 Å². The first-order valence-electron chi connectivity index (χ1n) is 8.79. The van der Waals surface area contributed by atoms with Crippen molar-refractivity contribution >= 4 is 33.1 Å². The summed E-state index contributed by atoms with van der Waals surface area (Å²) >= 11 is 1.64. The number of hydrogen-bond acceptors (Lipinski definition) is 5. The molecule has 4 rings (SSSR count). The zero-order valence-electron chi connectivity index (χ0n) is 15.8. The van der Waals surface area contributed by atoms with Gasteiger partial charge in [0.1, 0.15) is 22.2 Å². The molecule has 0 aliphatic rings. The number of rotatable bonds is 4. The van der Waals surface area contributed by atoms with Gasteiger partial charge in [-0.1, -0.05) is 29.8 Å². The van der Waals surface area contributed by atoms with Crippen molar-refractivity contribution in [2.75, 3.05) is 12.4 Å². The van der Waals surface area contributed by atoms with E-state index >= 15 is 0 Å². The Morgan fingerprint density at radius 1 is 0.963 bits per heavy atom. The highest BCUT2D eigenvalue weighted by molar-refractivity contribution is 7.17. The molecule has 2 heterocycles. The van der Waals surface area contributed by atoms with Crippen molar-refractivity contribution in [3.05, 3.63) is 64.8 Å². The summed E-state index contributed by atoms with van der Waals surface area (Å²) in [5.74, 6) is 2.45. The predicted octanol–water partition coefficient (Wildman–Crippen LogP) is 6.04. The molecule has 0 radical (unpaired) electrons. The van der Waals surface area contributed by atoms with Crippen LogP contribution in [-0.2, 0) is 0 Å². The summed E-state index contributed by atoms with van der Waals surface area (Å²) in [7, 11) is 1.68. The van der Waals surface area contributed by atoms with Crippen LogP contribution in [0.25, 0.3) is 21.3 Å². The van der Waals surface area contributed by atoms with Gasteiger partial charge in [0, 0.05) is 16.6 Å². The average molecular weight is 375 g/mol. The highest BCUT2D eigenvalue weighted by Gasteiger charge is 2.15. The van der Waals surface area contributed by atoms with Crippen molar-refractivity contribution in [1.29, 1.82) is 0 Å². The molecule has 0 saturated heterocycles. The van der Waals surface area contributed by atoms with Gasteiger partial charge >= 0.3 is 0 Å². The third-order valence-electron chi connectivity index (χ3n) is 4.58. The maximum atomic E-state index is 5.28. The number of fused-ring (bicyclic) bond motifs is 1. The zero-order valence-corrected chi connectivity index (χ0v) is 16.6. The topological polar surface area (TPSA) is 47.0 Å². The van der Waals surface area contributed by atoms with E-state index in [4.69, 9.17) is 9.72 Å². The highest BCUT2D eigenvalue weighted by Crippen LogP contribution is 2.38. The van der Waals surface area contributed by atoms with Crippen LogP contribution in [0.4, 0.5) is 11.5 Å². The second kappa shape index (κ2) is 7.00. The van der Waals surface area contributed by atoms with E-state index in [1.807, 2.05) is 19.1 Å². The molecule has 0 saturated carbocycles. The lowest BCUT2D eigenvalue weighted by atomic mass is 10.1. The molecule has 4 nitrogen and oxygen atoms in total. The second-order valence-corrected chi connectivity index (χ2v) is 7.48. The fraction of sp³-hybridized carbons (Fsp3) is 0.182. The number of aryl methyl sites for hydroxylation is 3. The van der Waals surface area contributed by atoms with E-state index in [2.05, 4.69) is 59.9 Å². The Bertz CT molecular complexity index is 1120. The zero-order chi connectivity index (χ0) is 19.0. The Kier molecular flexibility index (Phi) is 4.54. The molecule has 0 unspecified atom stereocenters. The van der Waals surface area contributed by atoms with E-state index < -0.39 is 0 Å². The molecular weight excluding hydrogens is 354 g/mol. The van der Waals surface area contributed by atoms with Gasteiger partial charge < -0.3 is 10.1 Å². The van der Waals surface area contributed by atoms with Gasteiger partial charge in [-0.05, 0) is 50.1 Å². The largest absolute Gasteiger partial charge is 0.497 e. The van der Waals surface area contributed by atoms with Crippen LogP contribution in [0.1, 0.15) is 17.0 Å². The molecule has 4 aromatic rings. The second-order valence-electron chi connectivity index (χ2n) is 6.62. The fourth-order valence-corrected chi connectivity index (χ4v) is 4.20. The minimum Gasteiger partial charge on any atom is -0.497 e. The molecule has 0 amide bonds. The van der Waals surface area contributed by atoms with Gasteiger partial charge in [0.05, 0.1) is 12.5 Å². The van der Waals surface area contributed by atoms with Crippen LogP contribution in [0, 0.1) is 20.8 Å². The number of anilines is 2. The molecule has 0 bridgehead atoms. The minimum absolute atomic E-state index is 0.762. The van der Waals surface area contributed by atoms with Crippen LogP contribution in [0.15, 0.2) is 47.8 Å². The van der Waals surface area contributed by atoms with Crippen LogP contribution < -0.4 is 10.1 Å². The van der Waals surface area contributed by atoms with Gasteiger partial charge in [-0.25, -0.2) is 9.97 Å². The monoisotopic (exact) mass is 375 g/mol. The van der Waals surface area contributed by atoms with E-state index in [1.54, 1.807) is 18.4 Å². The molecule has 136 valence electrons. The van der Waals surface area contributed by atoms with Crippen molar-refractivity contribution < 1.29 is 4.74 Å². The summed E-state index contributed by atoms with van der Waals surface area (Å²) in [6.45, 7) is 6.14. The summed E-state index contributed by atoms with van der Waals surface area (Å²) in [5, 5.41) is 6.73. The van der Waals surface area contributed by atoms with Gasteiger partial charge in [-0.15, -0.1) is 11.3 Å². The Morgan fingerprint density at radius 3 is 2.44 bits per heavy atom. The maximum Gasteiger partial charge on any atom is 0.143 e. The SMILES string of the molecule is COc1ccc(-c2csc3nc(C)nc(Nc4ccc(C)cc4C)c23)cc1. The molecule has 27 heavy (non-hydrogen) atoms. The summed E-state index contributed by atoms with van der Waals surface area (Å²) in [6.07, 6.45) is 0. The van der Waals surface area contributed by atoms with Gasteiger partial charge in [-0.3, -0.25) is 0 Å². The summed E-state index contributed by atoms with van der Waals surface area (Å²) in [5.41, 5.74) is 5.76. The Balaban J connectivity index is 1.85. The van der Waals surface area contributed by atoms with E-state index in [0.29, 0.717) is 0 Å². The highest BCUT2D eigenvalue weighted by atomic mass is 32.1. The van der Waals surface area contributed by atoms with Crippen LogP contribution in [-0.4, -0.2) is 17.1 Å². The normalized spacial score (nSPS) is 11.0. The van der Waals surface area contributed by atoms with Gasteiger partial charge in [0.2, 0.25) is 0 Å². The van der Waals surface area contributed by atoms with Crippen LogP contribution in [0.2, 0.25) is 0 Å². The fourth-order valence-electron chi connectivity index (χ4n) is 3.20. The number of nitrogens with one attached hydrogen (secondary N) is 1. The third-order valence-corrected chi connectivity index (χ3v) is 5.45.